The van der Waals surface area contributed by atoms with Gasteiger partial charge in [-0.3, -0.25) is 0 Å². The molecule has 1 aromatic carbocycles. The van der Waals surface area contributed by atoms with Crippen molar-refractivity contribution in [3.8, 4) is 0 Å². The first-order valence-corrected chi connectivity index (χ1v) is 6.27. The van der Waals surface area contributed by atoms with E-state index in [0.29, 0.717) is 5.56 Å². The van der Waals surface area contributed by atoms with Crippen LogP contribution >= 0.6 is 23.2 Å². The zero-order chi connectivity index (χ0) is 15.6. The van der Waals surface area contributed by atoms with Crippen LogP contribution in [0.25, 0.3) is 0 Å². The van der Waals surface area contributed by atoms with Gasteiger partial charge in [-0.05, 0) is 47.0 Å². The van der Waals surface area contributed by atoms with E-state index in [1.165, 1.54) is 12.1 Å². The average molecular weight is 328 g/mol. The molecule has 108 valence electrons. The van der Waals surface area contributed by atoms with E-state index in [2.05, 4.69) is 15.0 Å². The molecule has 0 radical (unpaired) electrons. The molecule has 2 N–H and O–H groups in total. The molecule has 0 bridgehead atoms. The highest BCUT2D eigenvalue weighted by Crippen LogP contribution is 2.15. The van der Waals surface area contributed by atoms with Gasteiger partial charge in [0.05, 0.1) is 11.1 Å². The van der Waals surface area contributed by atoms with E-state index in [1.807, 2.05) is 0 Å². The third-order valence-corrected chi connectivity index (χ3v) is 2.81. The number of benzene rings is 1. The number of carboxylic acid groups (broad SMARTS) is 2. The number of hydrogen-bond acceptors (Lipinski definition) is 5. The summed E-state index contributed by atoms with van der Waals surface area (Å²) in [6.45, 7) is 0. The molecule has 0 saturated carbocycles. The largest absolute Gasteiger partial charge is 0.478 e. The summed E-state index contributed by atoms with van der Waals surface area (Å²) in [4.78, 5) is 33.3. The SMILES string of the molecule is O=C(O)c1cc(Cc2nc(Cl)nc(Cl)n2)cc(C(=O)O)c1. The quantitative estimate of drug-likeness (QED) is 0.884. The molecule has 7 nitrogen and oxygen atoms in total. The van der Waals surface area contributed by atoms with Gasteiger partial charge in [0.1, 0.15) is 5.82 Å². The second-order valence-electron chi connectivity index (χ2n) is 4.00. The molecule has 0 aliphatic carbocycles. The summed E-state index contributed by atoms with van der Waals surface area (Å²) in [7, 11) is 0. The zero-order valence-corrected chi connectivity index (χ0v) is 11.8. The number of carbonyl (C=O) groups is 2. The number of nitrogens with zero attached hydrogens (tertiary/aromatic N) is 3. The summed E-state index contributed by atoms with van der Waals surface area (Å²) in [5.41, 5.74) is 0.123. The fourth-order valence-electron chi connectivity index (χ4n) is 1.67. The van der Waals surface area contributed by atoms with Crippen molar-refractivity contribution in [2.24, 2.45) is 0 Å². The minimum absolute atomic E-state index is 0.0728. The van der Waals surface area contributed by atoms with Crippen molar-refractivity contribution in [2.75, 3.05) is 0 Å². The predicted octanol–water partition coefficient (Wildman–Crippen LogP) is 2.17. The van der Waals surface area contributed by atoms with Crippen LogP contribution in [0.5, 0.6) is 0 Å². The Balaban J connectivity index is 2.43. The van der Waals surface area contributed by atoms with Crippen LogP contribution in [-0.4, -0.2) is 37.1 Å². The van der Waals surface area contributed by atoms with Crippen LogP contribution in [0.2, 0.25) is 10.6 Å². The minimum atomic E-state index is -1.23. The van der Waals surface area contributed by atoms with Crippen molar-refractivity contribution in [3.05, 3.63) is 51.3 Å². The number of aromatic nitrogens is 3. The van der Waals surface area contributed by atoms with Crippen LogP contribution in [-0.2, 0) is 6.42 Å². The number of hydrogen-bond donors (Lipinski definition) is 2. The Labute approximate surface area is 128 Å². The van der Waals surface area contributed by atoms with Crippen LogP contribution < -0.4 is 0 Å². The lowest BCUT2D eigenvalue weighted by molar-refractivity contribution is 0.0696. The van der Waals surface area contributed by atoms with Crippen molar-refractivity contribution in [2.45, 2.75) is 6.42 Å². The number of carboxylic acids is 2. The Morgan fingerprint density at radius 1 is 0.905 bits per heavy atom. The Morgan fingerprint density at radius 2 is 1.38 bits per heavy atom. The summed E-state index contributed by atoms with van der Waals surface area (Å²) < 4.78 is 0. The van der Waals surface area contributed by atoms with Crippen LogP contribution in [0.3, 0.4) is 0 Å². The molecule has 1 heterocycles. The number of halogens is 2. The molecule has 2 rings (SSSR count). The highest BCUT2D eigenvalue weighted by atomic mass is 35.5. The summed E-state index contributed by atoms with van der Waals surface area (Å²) in [5, 5.41) is 17.8. The van der Waals surface area contributed by atoms with Gasteiger partial charge in [0.25, 0.3) is 0 Å². The van der Waals surface area contributed by atoms with Crippen molar-refractivity contribution < 1.29 is 19.8 Å². The summed E-state index contributed by atoms with van der Waals surface area (Å²) in [6.07, 6.45) is 0.0728. The van der Waals surface area contributed by atoms with E-state index >= 15 is 0 Å². The van der Waals surface area contributed by atoms with E-state index in [0.717, 1.165) is 6.07 Å². The monoisotopic (exact) mass is 327 g/mol. The molecular weight excluding hydrogens is 321 g/mol. The van der Waals surface area contributed by atoms with Gasteiger partial charge >= 0.3 is 11.9 Å². The first-order chi connectivity index (χ1) is 9.85. The first kappa shape index (κ1) is 15.1. The van der Waals surface area contributed by atoms with Gasteiger partial charge in [-0.2, -0.15) is 4.98 Å². The number of rotatable bonds is 4. The van der Waals surface area contributed by atoms with Gasteiger partial charge in [-0.15, -0.1) is 0 Å². The zero-order valence-electron chi connectivity index (χ0n) is 10.2. The average Bonchev–Trinajstić information content (AvgIpc) is 2.36. The van der Waals surface area contributed by atoms with Gasteiger partial charge in [0.2, 0.25) is 10.6 Å². The normalized spacial score (nSPS) is 10.4. The summed E-state index contributed by atoms with van der Waals surface area (Å²) in [6, 6.07) is 3.74. The number of aromatic carboxylic acids is 2. The Kier molecular flexibility index (Phi) is 4.35. The lowest BCUT2D eigenvalue weighted by Crippen LogP contribution is -2.06. The molecule has 1 aromatic heterocycles. The molecule has 9 heteroatoms. The minimum Gasteiger partial charge on any atom is -0.478 e. The molecule has 0 unspecified atom stereocenters. The molecule has 0 amide bonds. The van der Waals surface area contributed by atoms with E-state index in [9.17, 15) is 9.59 Å². The molecule has 0 atom stereocenters. The first-order valence-electron chi connectivity index (χ1n) is 5.51. The van der Waals surface area contributed by atoms with E-state index in [-0.39, 0.29) is 33.9 Å². The highest BCUT2D eigenvalue weighted by molar-refractivity contribution is 6.31. The van der Waals surface area contributed by atoms with Crippen LogP contribution in [0, 0.1) is 0 Å². The Bertz CT molecular complexity index is 684. The third-order valence-electron chi connectivity index (χ3n) is 2.48. The molecule has 0 spiro atoms. The fourth-order valence-corrected chi connectivity index (χ4v) is 2.07. The fraction of sp³-hybridized carbons (Fsp3) is 0.0833. The van der Waals surface area contributed by atoms with Crippen molar-refractivity contribution in [3.63, 3.8) is 0 Å². The molecule has 0 saturated heterocycles. The van der Waals surface area contributed by atoms with Gasteiger partial charge < -0.3 is 10.2 Å². The Morgan fingerprint density at radius 3 is 1.81 bits per heavy atom. The lowest BCUT2D eigenvalue weighted by Gasteiger charge is -2.05. The Hall–Kier alpha value is -2.25. The summed E-state index contributed by atoms with van der Waals surface area (Å²) in [5.74, 6) is -2.25. The van der Waals surface area contributed by atoms with E-state index in [4.69, 9.17) is 33.4 Å². The van der Waals surface area contributed by atoms with Crippen molar-refractivity contribution in [1.29, 1.82) is 0 Å². The lowest BCUT2D eigenvalue weighted by atomic mass is 10.0. The maximum atomic E-state index is 11.0. The molecular formula is C12H7Cl2N3O4. The van der Waals surface area contributed by atoms with Crippen LogP contribution in [0.15, 0.2) is 18.2 Å². The second-order valence-corrected chi connectivity index (χ2v) is 4.67. The molecule has 0 aliphatic rings. The second kappa shape index (κ2) is 6.02. The van der Waals surface area contributed by atoms with E-state index < -0.39 is 11.9 Å². The van der Waals surface area contributed by atoms with Crippen molar-refractivity contribution in [1.82, 2.24) is 15.0 Å². The van der Waals surface area contributed by atoms with Gasteiger partial charge in [-0.1, -0.05) is 0 Å². The smallest absolute Gasteiger partial charge is 0.335 e. The highest BCUT2D eigenvalue weighted by Gasteiger charge is 2.13. The van der Waals surface area contributed by atoms with Crippen LogP contribution in [0.1, 0.15) is 32.1 Å². The predicted molar refractivity (Wildman–Crippen MR) is 73.0 cm³/mol. The standard InChI is InChI=1S/C12H7Cl2N3O4/c13-11-15-8(16-12(14)17-11)3-5-1-6(9(18)19)4-7(2-5)10(20)21/h1-2,4H,3H2,(H,18,19)(H,20,21). The van der Waals surface area contributed by atoms with Crippen molar-refractivity contribution >= 4 is 35.1 Å². The third kappa shape index (κ3) is 3.87. The molecule has 21 heavy (non-hydrogen) atoms. The van der Waals surface area contributed by atoms with Crippen LogP contribution in [0.4, 0.5) is 0 Å². The molecule has 0 aliphatic heterocycles. The van der Waals surface area contributed by atoms with Gasteiger partial charge in [0.15, 0.2) is 0 Å². The molecule has 0 fully saturated rings. The molecule has 2 aromatic rings. The van der Waals surface area contributed by atoms with Gasteiger partial charge in [0, 0.05) is 6.42 Å². The van der Waals surface area contributed by atoms with E-state index in [1.54, 1.807) is 0 Å². The van der Waals surface area contributed by atoms with Gasteiger partial charge in [-0.25, -0.2) is 19.6 Å². The maximum absolute atomic E-state index is 11.0. The topological polar surface area (TPSA) is 113 Å². The summed E-state index contributed by atoms with van der Waals surface area (Å²) >= 11 is 11.3. The maximum Gasteiger partial charge on any atom is 0.335 e.